The van der Waals surface area contributed by atoms with Crippen LogP contribution < -0.4 is 0 Å². The second-order valence-electron chi connectivity index (χ2n) is 4.69. The van der Waals surface area contributed by atoms with Gasteiger partial charge in [-0.25, -0.2) is 9.97 Å². The summed E-state index contributed by atoms with van der Waals surface area (Å²) < 4.78 is 0. The molecule has 1 saturated heterocycles. The highest BCUT2D eigenvalue weighted by molar-refractivity contribution is 6.29. The third-order valence-electron chi connectivity index (χ3n) is 3.15. The molecule has 1 amide bonds. The van der Waals surface area contributed by atoms with Crippen LogP contribution in [0.15, 0.2) is 12.4 Å². The molecule has 0 radical (unpaired) electrons. The maximum atomic E-state index is 12.3. The van der Waals surface area contributed by atoms with Crippen LogP contribution in [-0.4, -0.2) is 58.4 Å². The number of hydrogen-bond donors (Lipinski definition) is 0. The molecular weight excluding hydrogens is 252 g/mol. The Morgan fingerprint density at radius 2 is 2.17 bits per heavy atom. The molecule has 0 bridgehead atoms. The Balaban J connectivity index is 2.14. The standard InChI is InChI=1S/C12H17ClN4O/c1-9-8-16(2)4-3-5-17(9)12(18)10-6-15-11(13)7-14-10/h6-7,9H,3-5,8H2,1-2H3. The molecule has 98 valence electrons. The minimum absolute atomic E-state index is 0.0676. The summed E-state index contributed by atoms with van der Waals surface area (Å²) in [7, 11) is 2.08. The summed E-state index contributed by atoms with van der Waals surface area (Å²) in [4.78, 5) is 24.4. The predicted molar refractivity (Wildman–Crippen MR) is 69.7 cm³/mol. The highest BCUT2D eigenvalue weighted by atomic mass is 35.5. The molecule has 0 saturated carbocycles. The fourth-order valence-corrected chi connectivity index (χ4v) is 2.34. The van der Waals surface area contributed by atoms with E-state index in [0.717, 1.165) is 26.1 Å². The fourth-order valence-electron chi connectivity index (χ4n) is 2.24. The molecule has 1 unspecified atom stereocenters. The summed E-state index contributed by atoms with van der Waals surface area (Å²) in [6, 6.07) is 0.183. The lowest BCUT2D eigenvalue weighted by Crippen LogP contribution is -2.42. The van der Waals surface area contributed by atoms with Crippen molar-refractivity contribution in [2.45, 2.75) is 19.4 Å². The molecule has 1 aliphatic heterocycles. The average Bonchev–Trinajstić information content (AvgIpc) is 2.50. The molecule has 1 aliphatic rings. The molecule has 1 atom stereocenters. The van der Waals surface area contributed by atoms with Gasteiger partial charge in [0.1, 0.15) is 10.8 Å². The second-order valence-corrected chi connectivity index (χ2v) is 5.07. The van der Waals surface area contributed by atoms with Gasteiger partial charge in [-0.1, -0.05) is 11.6 Å². The SMILES string of the molecule is CC1CN(C)CCCN1C(=O)c1cnc(Cl)cn1. The van der Waals surface area contributed by atoms with Gasteiger partial charge in [-0.2, -0.15) is 0 Å². The second kappa shape index (κ2) is 5.63. The van der Waals surface area contributed by atoms with E-state index in [2.05, 4.69) is 28.8 Å². The zero-order chi connectivity index (χ0) is 13.1. The number of amides is 1. The Labute approximate surface area is 112 Å². The minimum atomic E-state index is -0.0676. The molecule has 5 nitrogen and oxygen atoms in total. The van der Waals surface area contributed by atoms with Crippen molar-refractivity contribution in [2.24, 2.45) is 0 Å². The van der Waals surface area contributed by atoms with E-state index in [1.807, 2.05) is 4.90 Å². The summed E-state index contributed by atoms with van der Waals surface area (Å²) in [6.45, 7) is 4.71. The van der Waals surface area contributed by atoms with E-state index in [0.29, 0.717) is 10.8 Å². The van der Waals surface area contributed by atoms with Crippen LogP contribution in [0.1, 0.15) is 23.8 Å². The number of carbonyl (C=O) groups is 1. The normalized spacial score (nSPS) is 21.7. The molecule has 2 heterocycles. The lowest BCUT2D eigenvalue weighted by molar-refractivity contribution is 0.0690. The van der Waals surface area contributed by atoms with Crippen molar-refractivity contribution in [1.29, 1.82) is 0 Å². The summed E-state index contributed by atoms with van der Waals surface area (Å²) in [6.07, 6.45) is 3.82. The highest BCUT2D eigenvalue weighted by Crippen LogP contribution is 2.12. The molecule has 1 fully saturated rings. The largest absolute Gasteiger partial charge is 0.333 e. The zero-order valence-electron chi connectivity index (χ0n) is 10.6. The first-order valence-electron chi connectivity index (χ1n) is 6.05. The first kappa shape index (κ1) is 13.2. The van der Waals surface area contributed by atoms with Gasteiger partial charge in [0.15, 0.2) is 0 Å². The fraction of sp³-hybridized carbons (Fsp3) is 0.583. The highest BCUT2D eigenvalue weighted by Gasteiger charge is 2.25. The molecule has 6 heteroatoms. The lowest BCUT2D eigenvalue weighted by Gasteiger charge is -2.27. The number of nitrogens with zero attached hydrogens (tertiary/aromatic N) is 4. The van der Waals surface area contributed by atoms with Gasteiger partial charge in [-0.15, -0.1) is 0 Å². The van der Waals surface area contributed by atoms with E-state index >= 15 is 0 Å². The van der Waals surface area contributed by atoms with Crippen LogP contribution in [0.4, 0.5) is 0 Å². The van der Waals surface area contributed by atoms with E-state index in [1.165, 1.54) is 12.4 Å². The number of aromatic nitrogens is 2. The molecule has 0 aliphatic carbocycles. The van der Waals surface area contributed by atoms with Crippen molar-refractivity contribution in [3.05, 3.63) is 23.2 Å². The van der Waals surface area contributed by atoms with Crippen molar-refractivity contribution in [2.75, 3.05) is 26.7 Å². The van der Waals surface area contributed by atoms with Gasteiger partial charge in [0.25, 0.3) is 5.91 Å². The Morgan fingerprint density at radius 1 is 1.39 bits per heavy atom. The van der Waals surface area contributed by atoms with Crippen molar-refractivity contribution in [1.82, 2.24) is 19.8 Å². The Kier molecular flexibility index (Phi) is 4.14. The molecule has 1 aromatic heterocycles. The third kappa shape index (κ3) is 2.97. The van der Waals surface area contributed by atoms with Gasteiger partial charge in [-0.05, 0) is 26.9 Å². The Bertz CT molecular complexity index is 423. The van der Waals surface area contributed by atoms with Crippen LogP contribution in [0.5, 0.6) is 0 Å². The van der Waals surface area contributed by atoms with Crippen LogP contribution >= 0.6 is 11.6 Å². The summed E-state index contributed by atoms with van der Waals surface area (Å²) in [5, 5.41) is 0.301. The first-order chi connectivity index (χ1) is 8.58. The van der Waals surface area contributed by atoms with Gasteiger partial charge < -0.3 is 9.80 Å². The van der Waals surface area contributed by atoms with E-state index in [4.69, 9.17) is 11.6 Å². The summed E-state index contributed by atoms with van der Waals surface area (Å²) >= 11 is 5.67. The predicted octanol–water partition coefficient (Wildman–Crippen LogP) is 1.30. The molecule has 0 spiro atoms. The smallest absolute Gasteiger partial charge is 0.274 e. The quantitative estimate of drug-likeness (QED) is 0.770. The van der Waals surface area contributed by atoms with Crippen molar-refractivity contribution in [3.8, 4) is 0 Å². The maximum Gasteiger partial charge on any atom is 0.274 e. The molecular formula is C12H17ClN4O. The average molecular weight is 269 g/mol. The van der Waals surface area contributed by atoms with Crippen molar-refractivity contribution >= 4 is 17.5 Å². The van der Waals surface area contributed by atoms with Gasteiger partial charge >= 0.3 is 0 Å². The number of likely N-dealkylation sites (N-methyl/N-ethyl adjacent to an activating group) is 1. The van der Waals surface area contributed by atoms with Crippen molar-refractivity contribution in [3.63, 3.8) is 0 Å². The van der Waals surface area contributed by atoms with E-state index in [-0.39, 0.29) is 11.9 Å². The number of rotatable bonds is 1. The van der Waals surface area contributed by atoms with Crippen LogP contribution in [0.25, 0.3) is 0 Å². The molecule has 0 N–H and O–H groups in total. The van der Waals surface area contributed by atoms with E-state index in [1.54, 1.807) is 0 Å². The molecule has 18 heavy (non-hydrogen) atoms. The number of carbonyl (C=O) groups excluding carboxylic acids is 1. The zero-order valence-corrected chi connectivity index (χ0v) is 11.4. The topological polar surface area (TPSA) is 49.3 Å². The molecule has 0 aromatic carbocycles. The number of hydrogen-bond acceptors (Lipinski definition) is 4. The monoisotopic (exact) mass is 268 g/mol. The van der Waals surface area contributed by atoms with Crippen LogP contribution in [0, 0.1) is 0 Å². The number of halogens is 1. The third-order valence-corrected chi connectivity index (χ3v) is 3.34. The van der Waals surface area contributed by atoms with E-state index < -0.39 is 0 Å². The molecule has 2 rings (SSSR count). The van der Waals surface area contributed by atoms with Crippen LogP contribution in [-0.2, 0) is 0 Å². The summed E-state index contributed by atoms with van der Waals surface area (Å²) in [5.41, 5.74) is 0.357. The maximum absolute atomic E-state index is 12.3. The Morgan fingerprint density at radius 3 is 2.83 bits per heavy atom. The van der Waals surface area contributed by atoms with Crippen LogP contribution in [0.2, 0.25) is 5.15 Å². The first-order valence-corrected chi connectivity index (χ1v) is 6.43. The van der Waals surface area contributed by atoms with Crippen molar-refractivity contribution < 1.29 is 4.79 Å². The van der Waals surface area contributed by atoms with Gasteiger partial charge in [0, 0.05) is 19.1 Å². The minimum Gasteiger partial charge on any atom is -0.333 e. The Hall–Kier alpha value is -1.20. The molecule has 1 aromatic rings. The lowest BCUT2D eigenvalue weighted by atomic mass is 10.2. The van der Waals surface area contributed by atoms with Gasteiger partial charge in [0.2, 0.25) is 0 Å². The van der Waals surface area contributed by atoms with Gasteiger partial charge in [-0.3, -0.25) is 4.79 Å². The van der Waals surface area contributed by atoms with E-state index in [9.17, 15) is 4.79 Å². The van der Waals surface area contributed by atoms with Crippen LogP contribution in [0.3, 0.4) is 0 Å². The summed E-state index contributed by atoms with van der Waals surface area (Å²) in [5.74, 6) is -0.0676. The van der Waals surface area contributed by atoms with Gasteiger partial charge in [0.05, 0.1) is 12.4 Å².